The van der Waals surface area contributed by atoms with Crippen LogP contribution in [0.5, 0.6) is 11.5 Å². The van der Waals surface area contributed by atoms with Gasteiger partial charge < -0.3 is 9.05 Å². The maximum atomic E-state index is 5.71. The minimum atomic E-state index is -2.30. The van der Waals surface area contributed by atoms with Gasteiger partial charge >= 0.3 is 0 Å². The SMILES string of the molecule is CP(=S)(Oc1ccccc1)Oc1ccccc1. The van der Waals surface area contributed by atoms with Crippen molar-refractivity contribution in [2.45, 2.75) is 0 Å². The second kappa shape index (κ2) is 5.35. The van der Waals surface area contributed by atoms with Crippen LogP contribution in [0.1, 0.15) is 0 Å². The fourth-order valence-electron chi connectivity index (χ4n) is 1.36. The first-order valence-corrected chi connectivity index (χ1v) is 8.31. The molecule has 0 amide bonds. The minimum absolute atomic E-state index is 0.745. The summed E-state index contributed by atoms with van der Waals surface area (Å²) in [7, 11) is 0. The maximum absolute atomic E-state index is 5.71. The molecule has 0 N–H and O–H groups in total. The van der Waals surface area contributed by atoms with Crippen LogP contribution in [0.3, 0.4) is 0 Å². The number of hydrogen-bond acceptors (Lipinski definition) is 3. The molecule has 88 valence electrons. The molecule has 0 spiro atoms. The predicted molar refractivity (Wildman–Crippen MR) is 74.3 cm³/mol. The molecule has 0 saturated heterocycles. The van der Waals surface area contributed by atoms with Crippen molar-refractivity contribution in [3.8, 4) is 11.5 Å². The van der Waals surface area contributed by atoms with Crippen molar-refractivity contribution in [2.75, 3.05) is 6.66 Å². The summed E-state index contributed by atoms with van der Waals surface area (Å²) in [5.74, 6) is 1.49. The quantitative estimate of drug-likeness (QED) is 0.775. The molecule has 2 aromatic carbocycles. The molecule has 2 rings (SSSR count). The van der Waals surface area contributed by atoms with E-state index in [1.165, 1.54) is 0 Å². The van der Waals surface area contributed by atoms with Crippen LogP contribution in [0.15, 0.2) is 60.7 Å². The van der Waals surface area contributed by atoms with E-state index < -0.39 is 6.49 Å². The number of rotatable bonds is 4. The molecule has 0 aromatic heterocycles. The Balaban J connectivity index is 2.07. The topological polar surface area (TPSA) is 18.5 Å². The smallest absolute Gasteiger partial charge is 0.284 e. The Morgan fingerprint density at radius 3 is 1.47 bits per heavy atom. The highest BCUT2D eigenvalue weighted by Gasteiger charge is 2.14. The normalized spacial score (nSPS) is 10.9. The fraction of sp³-hybridized carbons (Fsp3) is 0.0769. The summed E-state index contributed by atoms with van der Waals surface area (Å²) in [6, 6.07) is 19.0. The molecule has 0 fully saturated rings. The first kappa shape index (κ1) is 12.2. The molecule has 0 radical (unpaired) electrons. The molecular formula is C13H13O2PS. The third kappa shape index (κ3) is 3.88. The van der Waals surface area contributed by atoms with Crippen molar-refractivity contribution in [2.24, 2.45) is 0 Å². The zero-order valence-corrected chi connectivity index (χ0v) is 11.2. The van der Waals surface area contributed by atoms with E-state index >= 15 is 0 Å². The van der Waals surface area contributed by atoms with Gasteiger partial charge in [0.25, 0.3) is 6.49 Å². The van der Waals surface area contributed by atoms with Crippen molar-refractivity contribution in [3.05, 3.63) is 60.7 Å². The van der Waals surface area contributed by atoms with Crippen LogP contribution < -0.4 is 9.05 Å². The summed E-state index contributed by atoms with van der Waals surface area (Å²) in [6.45, 7) is -0.481. The molecule has 0 saturated carbocycles. The second-order valence-electron chi connectivity index (χ2n) is 3.58. The lowest BCUT2D eigenvalue weighted by Crippen LogP contribution is -1.98. The van der Waals surface area contributed by atoms with Gasteiger partial charge in [-0.1, -0.05) is 36.4 Å². The molecule has 2 nitrogen and oxygen atoms in total. The van der Waals surface area contributed by atoms with Gasteiger partial charge in [-0.15, -0.1) is 0 Å². The molecule has 2 aromatic rings. The van der Waals surface area contributed by atoms with Gasteiger partial charge in [0.05, 0.1) is 0 Å². The van der Waals surface area contributed by atoms with Crippen molar-refractivity contribution < 1.29 is 9.05 Å². The third-order valence-electron chi connectivity index (χ3n) is 2.03. The largest absolute Gasteiger partial charge is 0.435 e. The zero-order valence-electron chi connectivity index (χ0n) is 9.45. The van der Waals surface area contributed by atoms with Gasteiger partial charge in [-0.2, -0.15) is 0 Å². The standard InChI is InChI=1S/C13H13O2PS/c1-16(17,14-12-8-4-2-5-9-12)15-13-10-6-3-7-11-13/h2-11H,1H3. The van der Waals surface area contributed by atoms with Gasteiger partial charge in [0, 0.05) is 6.66 Å². The van der Waals surface area contributed by atoms with Gasteiger partial charge in [0.2, 0.25) is 0 Å². The van der Waals surface area contributed by atoms with E-state index in [1.54, 1.807) is 0 Å². The predicted octanol–water partition coefficient (Wildman–Crippen LogP) is 4.08. The van der Waals surface area contributed by atoms with Crippen LogP contribution >= 0.6 is 6.49 Å². The highest BCUT2D eigenvalue weighted by atomic mass is 32.5. The highest BCUT2D eigenvalue weighted by molar-refractivity contribution is 8.09. The van der Waals surface area contributed by atoms with Crippen LogP contribution in [-0.4, -0.2) is 6.66 Å². The summed E-state index contributed by atoms with van der Waals surface area (Å²) < 4.78 is 11.4. The van der Waals surface area contributed by atoms with E-state index in [2.05, 4.69) is 0 Å². The van der Waals surface area contributed by atoms with Gasteiger partial charge in [0.1, 0.15) is 11.5 Å². The average molecular weight is 264 g/mol. The summed E-state index contributed by atoms with van der Waals surface area (Å²) >= 11 is 5.37. The van der Waals surface area contributed by atoms with Crippen molar-refractivity contribution >= 4 is 18.3 Å². The van der Waals surface area contributed by atoms with Crippen molar-refractivity contribution in [1.29, 1.82) is 0 Å². The first-order chi connectivity index (χ1) is 8.16. The Morgan fingerprint density at radius 1 is 0.765 bits per heavy atom. The third-order valence-corrected chi connectivity index (χ3v) is 3.56. The average Bonchev–Trinajstić information content (AvgIpc) is 2.30. The Bertz CT molecular complexity index is 468. The van der Waals surface area contributed by atoms with Gasteiger partial charge in [-0.05, 0) is 36.1 Å². The summed E-state index contributed by atoms with van der Waals surface area (Å²) in [5, 5.41) is 0. The summed E-state index contributed by atoms with van der Waals surface area (Å²) in [6.07, 6.45) is 0. The van der Waals surface area contributed by atoms with Gasteiger partial charge in [0.15, 0.2) is 0 Å². The molecule has 4 heteroatoms. The summed E-state index contributed by atoms with van der Waals surface area (Å²) in [4.78, 5) is 0. The van der Waals surface area contributed by atoms with E-state index in [-0.39, 0.29) is 0 Å². The Kier molecular flexibility index (Phi) is 3.82. The van der Waals surface area contributed by atoms with Crippen LogP contribution in [0.4, 0.5) is 0 Å². The maximum Gasteiger partial charge on any atom is 0.284 e. The van der Waals surface area contributed by atoms with Crippen LogP contribution in [-0.2, 0) is 11.8 Å². The Hall–Kier alpha value is -1.31. The van der Waals surface area contributed by atoms with Crippen LogP contribution in [0.25, 0.3) is 0 Å². The first-order valence-electron chi connectivity index (χ1n) is 5.22. The lowest BCUT2D eigenvalue weighted by Gasteiger charge is -2.19. The van der Waals surface area contributed by atoms with E-state index in [0.717, 1.165) is 11.5 Å². The van der Waals surface area contributed by atoms with E-state index in [1.807, 2.05) is 67.3 Å². The molecule has 0 atom stereocenters. The molecule has 17 heavy (non-hydrogen) atoms. The van der Waals surface area contributed by atoms with E-state index in [9.17, 15) is 0 Å². The minimum Gasteiger partial charge on any atom is -0.435 e. The molecule has 0 unspecified atom stereocenters. The van der Waals surface area contributed by atoms with Crippen molar-refractivity contribution in [1.82, 2.24) is 0 Å². The van der Waals surface area contributed by atoms with Crippen molar-refractivity contribution in [3.63, 3.8) is 0 Å². The van der Waals surface area contributed by atoms with Crippen LogP contribution in [0.2, 0.25) is 0 Å². The molecule has 0 heterocycles. The molecule has 0 aliphatic carbocycles. The molecule has 0 aliphatic rings. The fourth-order valence-corrected chi connectivity index (χ4v) is 2.93. The lowest BCUT2D eigenvalue weighted by molar-refractivity contribution is 0.493. The van der Waals surface area contributed by atoms with E-state index in [0.29, 0.717) is 0 Å². The number of para-hydroxylation sites is 2. The Morgan fingerprint density at radius 2 is 1.12 bits per heavy atom. The monoisotopic (exact) mass is 264 g/mol. The zero-order chi connectivity index (χ0) is 12.1. The second-order valence-corrected chi connectivity index (χ2v) is 7.48. The molecule has 0 bridgehead atoms. The van der Waals surface area contributed by atoms with Gasteiger partial charge in [-0.25, -0.2) is 0 Å². The highest BCUT2D eigenvalue weighted by Crippen LogP contribution is 2.44. The summed E-state index contributed by atoms with van der Waals surface area (Å²) in [5.41, 5.74) is 0. The van der Waals surface area contributed by atoms with E-state index in [4.69, 9.17) is 20.9 Å². The molecular weight excluding hydrogens is 251 g/mol. The lowest BCUT2D eigenvalue weighted by atomic mass is 10.3. The van der Waals surface area contributed by atoms with Crippen LogP contribution in [0, 0.1) is 0 Å². The number of benzene rings is 2. The number of hydrogen-bond donors (Lipinski definition) is 0. The van der Waals surface area contributed by atoms with Gasteiger partial charge in [-0.3, -0.25) is 0 Å². The Labute approximate surface area is 106 Å². The molecule has 0 aliphatic heterocycles.